The van der Waals surface area contributed by atoms with Crippen molar-refractivity contribution in [1.82, 2.24) is 0 Å². The molecular weight excluding hydrogens is 299 g/mol. The number of carboxylic acid groups (broad SMARTS) is 3. The monoisotopic (exact) mass is 308 g/mol. The molecule has 0 saturated heterocycles. The third-order valence-electron chi connectivity index (χ3n) is 1.33. The van der Waals surface area contributed by atoms with Crippen molar-refractivity contribution in [2.24, 2.45) is 0 Å². The van der Waals surface area contributed by atoms with E-state index < -0.39 is 41.1 Å². The van der Waals surface area contributed by atoms with E-state index in [2.05, 4.69) is 0 Å². The molecule has 106 valence electrons. The average molecular weight is 309 g/mol. The lowest BCUT2D eigenvalue weighted by Gasteiger charge is -2.20. The molecule has 11 heteroatoms. The highest BCUT2D eigenvalue weighted by molar-refractivity contribution is 6.52. The van der Waals surface area contributed by atoms with E-state index >= 15 is 0 Å². The molecule has 0 aromatic rings. The highest BCUT2D eigenvalue weighted by atomic mass is 35.5. The third kappa shape index (κ3) is 8.03. The van der Waals surface area contributed by atoms with E-state index in [0.717, 1.165) is 0 Å². The van der Waals surface area contributed by atoms with E-state index in [9.17, 15) is 14.4 Å². The summed E-state index contributed by atoms with van der Waals surface area (Å²) in [5.41, 5.74) is 0. The Morgan fingerprint density at radius 3 is 1.56 bits per heavy atom. The molecular formula is C7H10Cl2O9. The number of aliphatic carboxylic acids is 3. The van der Waals surface area contributed by atoms with Crippen LogP contribution in [0.3, 0.4) is 0 Å². The number of alkyl halides is 2. The van der Waals surface area contributed by atoms with E-state index in [0.29, 0.717) is 0 Å². The van der Waals surface area contributed by atoms with Gasteiger partial charge in [-0.3, -0.25) is 4.79 Å². The predicted molar refractivity (Wildman–Crippen MR) is 56.2 cm³/mol. The maximum Gasteiger partial charge on any atom is 0.366 e. The van der Waals surface area contributed by atoms with Crippen molar-refractivity contribution in [1.29, 1.82) is 0 Å². The summed E-state index contributed by atoms with van der Waals surface area (Å²) in [6.07, 6.45) is -3.31. The smallest absolute Gasteiger partial charge is 0.366 e. The van der Waals surface area contributed by atoms with Gasteiger partial charge in [0.05, 0.1) is 6.42 Å². The van der Waals surface area contributed by atoms with Crippen LogP contribution in [-0.4, -0.2) is 65.3 Å². The lowest BCUT2D eigenvalue weighted by Crippen LogP contribution is -2.50. The van der Waals surface area contributed by atoms with Gasteiger partial charge in [0.25, 0.3) is 5.79 Å². The first-order valence-electron chi connectivity index (χ1n) is 4.01. The zero-order valence-corrected chi connectivity index (χ0v) is 10.0. The summed E-state index contributed by atoms with van der Waals surface area (Å²) in [6, 6.07) is 0. The van der Waals surface area contributed by atoms with Gasteiger partial charge in [-0.2, -0.15) is 0 Å². The number of carbonyl (C=O) groups is 3. The molecule has 6 N–H and O–H groups in total. The lowest BCUT2D eigenvalue weighted by atomic mass is 10.1. The fourth-order valence-corrected chi connectivity index (χ4v) is 0.450. The van der Waals surface area contributed by atoms with Gasteiger partial charge in [-0.05, 0) is 0 Å². The summed E-state index contributed by atoms with van der Waals surface area (Å²) in [7, 11) is 0. The molecule has 0 rings (SSSR count). The number of aliphatic hydroxyl groups excluding tert-OH is 1. The highest BCUT2D eigenvalue weighted by Crippen LogP contribution is 2.10. The van der Waals surface area contributed by atoms with Crippen molar-refractivity contribution < 1.29 is 45.0 Å². The SMILES string of the molecule is O=C(O)C(Cl)Cl.O=C(O)CC(O)C(O)(O)C(=O)O. The van der Waals surface area contributed by atoms with E-state index in [1.807, 2.05) is 0 Å². The minimum Gasteiger partial charge on any atom is -0.481 e. The molecule has 0 fully saturated rings. The Hall–Kier alpha value is -1.13. The molecule has 0 heterocycles. The second-order valence-electron chi connectivity index (χ2n) is 2.78. The molecule has 0 bridgehead atoms. The minimum absolute atomic E-state index is 1.06. The normalized spacial score (nSPS) is 12.3. The topological polar surface area (TPSA) is 173 Å². The summed E-state index contributed by atoms with van der Waals surface area (Å²) in [6.45, 7) is 0. The Kier molecular flexibility index (Phi) is 8.60. The standard InChI is InChI=1S/C5H8O7.C2H2Cl2O2/c6-2(1-3(7)8)5(11,12)4(9)10;3-1(4)2(5)6/h2,6,11-12H,1H2,(H,7,8)(H,9,10);1H,(H,5,6). The van der Waals surface area contributed by atoms with E-state index in [4.69, 9.17) is 53.8 Å². The third-order valence-corrected chi connectivity index (χ3v) is 1.71. The molecule has 0 amide bonds. The van der Waals surface area contributed by atoms with Gasteiger partial charge in [-0.25, -0.2) is 9.59 Å². The fraction of sp³-hybridized carbons (Fsp3) is 0.571. The zero-order valence-electron chi connectivity index (χ0n) is 8.53. The zero-order chi connectivity index (χ0) is 15.1. The van der Waals surface area contributed by atoms with Crippen molar-refractivity contribution in [2.45, 2.75) is 23.1 Å². The van der Waals surface area contributed by atoms with E-state index in [-0.39, 0.29) is 0 Å². The molecule has 1 atom stereocenters. The minimum atomic E-state index is -3.42. The molecule has 1 unspecified atom stereocenters. The Morgan fingerprint density at radius 1 is 1.06 bits per heavy atom. The average Bonchev–Trinajstić information content (AvgIpc) is 2.16. The summed E-state index contributed by atoms with van der Waals surface area (Å²) in [5.74, 6) is -8.26. The van der Waals surface area contributed by atoms with E-state index in [1.165, 1.54) is 0 Å². The number of halogens is 2. The maximum absolute atomic E-state index is 9.99. The van der Waals surface area contributed by atoms with Crippen LogP contribution in [0.5, 0.6) is 0 Å². The van der Waals surface area contributed by atoms with E-state index in [1.54, 1.807) is 0 Å². The Bertz CT molecular complexity index is 314. The van der Waals surface area contributed by atoms with Crippen LogP contribution in [-0.2, 0) is 14.4 Å². The van der Waals surface area contributed by atoms with Crippen LogP contribution in [0.1, 0.15) is 6.42 Å². The van der Waals surface area contributed by atoms with Gasteiger partial charge in [-0.1, -0.05) is 23.2 Å². The first-order valence-corrected chi connectivity index (χ1v) is 4.89. The second-order valence-corrected chi connectivity index (χ2v) is 3.88. The second kappa shape index (κ2) is 8.06. The number of aliphatic hydroxyl groups is 3. The molecule has 0 spiro atoms. The molecule has 0 aromatic carbocycles. The van der Waals surface area contributed by atoms with Crippen molar-refractivity contribution in [3.05, 3.63) is 0 Å². The number of carboxylic acids is 3. The largest absolute Gasteiger partial charge is 0.481 e. The molecule has 0 aliphatic heterocycles. The van der Waals surface area contributed by atoms with Gasteiger partial charge in [-0.15, -0.1) is 0 Å². The van der Waals surface area contributed by atoms with Gasteiger partial charge in [0.2, 0.25) is 4.84 Å². The molecule has 0 aliphatic carbocycles. The van der Waals surface area contributed by atoms with Gasteiger partial charge in [0.1, 0.15) is 6.10 Å². The summed E-state index contributed by atoms with van der Waals surface area (Å²) in [5, 5.41) is 49.6. The molecule has 0 saturated carbocycles. The number of hydrogen-bond donors (Lipinski definition) is 6. The first kappa shape index (κ1) is 19.2. The van der Waals surface area contributed by atoms with Gasteiger partial charge in [0.15, 0.2) is 0 Å². The van der Waals surface area contributed by atoms with Crippen molar-refractivity contribution in [3.8, 4) is 0 Å². The van der Waals surface area contributed by atoms with Crippen LogP contribution < -0.4 is 0 Å². The van der Waals surface area contributed by atoms with Crippen molar-refractivity contribution >= 4 is 41.1 Å². The Labute approximate surface area is 110 Å². The summed E-state index contributed by atoms with van der Waals surface area (Å²) >= 11 is 9.56. The van der Waals surface area contributed by atoms with Gasteiger partial charge >= 0.3 is 17.9 Å². The molecule has 18 heavy (non-hydrogen) atoms. The predicted octanol–water partition coefficient (Wildman–Crippen LogP) is -1.54. The van der Waals surface area contributed by atoms with Crippen molar-refractivity contribution in [3.63, 3.8) is 0 Å². The van der Waals surface area contributed by atoms with Crippen LogP contribution in [0, 0.1) is 0 Å². The Morgan fingerprint density at radius 2 is 1.39 bits per heavy atom. The quantitative estimate of drug-likeness (QED) is 0.260. The number of rotatable bonds is 5. The van der Waals surface area contributed by atoms with Gasteiger partial charge in [0, 0.05) is 0 Å². The molecule has 0 aliphatic rings. The Balaban J connectivity index is 0. The highest BCUT2D eigenvalue weighted by Gasteiger charge is 2.42. The van der Waals surface area contributed by atoms with Gasteiger partial charge < -0.3 is 30.6 Å². The fourth-order valence-electron chi connectivity index (χ4n) is 0.450. The van der Waals surface area contributed by atoms with Crippen LogP contribution in [0.4, 0.5) is 0 Å². The van der Waals surface area contributed by atoms with Crippen LogP contribution >= 0.6 is 23.2 Å². The molecule has 0 aromatic heterocycles. The molecule has 0 radical (unpaired) electrons. The van der Waals surface area contributed by atoms with Crippen LogP contribution in [0.15, 0.2) is 0 Å². The summed E-state index contributed by atoms with van der Waals surface area (Å²) < 4.78 is 0. The van der Waals surface area contributed by atoms with Crippen LogP contribution in [0.2, 0.25) is 0 Å². The molecule has 9 nitrogen and oxygen atoms in total. The summed E-state index contributed by atoms with van der Waals surface area (Å²) in [4.78, 5) is 28.0. The van der Waals surface area contributed by atoms with Crippen LogP contribution in [0.25, 0.3) is 0 Å². The first-order chi connectivity index (χ1) is 7.92. The number of hydrogen-bond acceptors (Lipinski definition) is 6. The van der Waals surface area contributed by atoms with Crippen molar-refractivity contribution in [2.75, 3.05) is 0 Å². The lowest BCUT2D eigenvalue weighted by molar-refractivity contribution is -0.237. The maximum atomic E-state index is 9.99.